The van der Waals surface area contributed by atoms with Gasteiger partial charge in [0.15, 0.2) is 11.5 Å². The van der Waals surface area contributed by atoms with Crippen LogP contribution < -0.4 is 9.47 Å². The fourth-order valence-corrected chi connectivity index (χ4v) is 1.36. The Kier molecular flexibility index (Phi) is 4.93. The number of hydrogen-bond donors (Lipinski definition) is 0. The number of methoxy groups -OCH3 is 1. The summed E-state index contributed by atoms with van der Waals surface area (Å²) in [5, 5.41) is 0. The lowest BCUT2D eigenvalue weighted by Crippen LogP contribution is -2.13. The molecular weight excluding hydrogens is 257 g/mol. The number of hydrogen-bond acceptors (Lipinski definition) is 2. The second-order valence-electron chi connectivity index (χ2n) is 3.33. The maximum absolute atomic E-state index is 11.9. The summed E-state index contributed by atoms with van der Waals surface area (Å²) in [4.78, 5) is 0. The van der Waals surface area contributed by atoms with Gasteiger partial charge < -0.3 is 9.47 Å². The normalized spacial score (nSPS) is 11.4. The van der Waals surface area contributed by atoms with Crippen LogP contribution in [0.3, 0.4) is 0 Å². The van der Waals surface area contributed by atoms with Crippen LogP contribution in [0.15, 0.2) is 18.2 Å². The van der Waals surface area contributed by atoms with Crippen molar-refractivity contribution in [1.29, 1.82) is 0 Å². The molecule has 0 atom stereocenters. The van der Waals surface area contributed by atoms with E-state index in [1.165, 1.54) is 7.11 Å². The SMILES string of the molecule is COc1cc(CCl)ccc1OCCC(F)(F)F. The van der Waals surface area contributed by atoms with Crippen molar-refractivity contribution in [1.82, 2.24) is 0 Å². The van der Waals surface area contributed by atoms with Crippen LogP contribution in [0.5, 0.6) is 11.5 Å². The van der Waals surface area contributed by atoms with Crippen molar-refractivity contribution < 1.29 is 22.6 Å². The molecule has 0 amide bonds. The van der Waals surface area contributed by atoms with E-state index in [1.54, 1.807) is 18.2 Å². The van der Waals surface area contributed by atoms with Crippen molar-refractivity contribution in [3.05, 3.63) is 23.8 Å². The molecule has 6 heteroatoms. The second-order valence-corrected chi connectivity index (χ2v) is 3.60. The van der Waals surface area contributed by atoms with E-state index >= 15 is 0 Å². The summed E-state index contributed by atoms with van der Waals surface area (Å²) in [6, 6.07) is 4.86. The van der Waals surface area contributed by atoms with E-state index in [2.05, 4.69) is 0 Å². The average Bonchev–Trinajstić information content (AvgIpc) is 2.27. The first-order chi connectivity index (χ1) is 7.96. The van der Waals surface area contributed by atoms with Crippen molar-refractivity contribution >= 4 is 11.6 Å². The van der Waals surface area contributed by atoms with Gasteiger partial charge in [-0.2, -0.15) is 13.2 Å². The minimum atomic E-state index is -4.22. The van der Waals surface area contributed by atoms with Gasteiger partial charge in [0.2, 0.25) is 0 Å². The van der Waals surface area contributed by atoms with E-state index in [0.717, 1.165) is 5.56 Å². The molecule has 0 saturated carbocycles. The summed E-state index contributed by atoms with van der Waals surface area (Å²) in [6.45, 7) is -0.430. The molecule has 1 rings (SSSR count). The Hall–Kier alpha value is -1.10. The van der Waals surface area contributed by atoms with Gasteiger partial charge in [0.1, 0.15) is 0 Å². The zero-order valence-electron chi connectivity index (χ0n) is 9.18. The summed E-state index contributed by atoms with van der Waals surface area (Å²) in [7, 11) is 1.42. The predicted octanol–water partition coefficient (Wildman–Crippen LogP) is 3.77. The average molecular weight is 269 g/mol. The Morgan fingerprint density at radius 3 is 2.47 bits per heavy atom. The van der Waals surface area contributed by atoms with Crippen LogP contribution in [0.2, 0.25) is 0 Å². The van der Waals surface area contributed by atoms with E-state index in [0.29, 0.717) is 11.6 Å². The van der Waals surface area contributed by atoms with Crippen molar-refractivity contribution in [3.8, 4) is 11.5 Å². The smallest absolute Gasteiger partial charge is 0.392 e. The van der Waals surface area contributed by atoms with Crippen molar-refractivity contribution in [2.45, 2.75) is 18.5 Å². The molecule has 1 aromatic rings. The number of halogens is 4. The van der Waals surface area contributed by atoms with Gasteiger partial charge in [0, 0.05) is 5.88 Å². The van der Waals surface area contributed by atoms with Crippen LogP contribution in [0.1, 0.15) is 12.0 Å². The van der Waals surface area contributed by atoms with Crippen molar-refractivity contribution in [3.63, 3.8) is 0 Å². The second kappa shape index (κ2) is 6.00. The van der Waals surface area contributed by atoms with Gasteiger partial charge >= 0.3 is 6.18 Å². The van der Waals surface area contributed by atoms with Gasteiger partial charge in [-0.1, -0.05) is 6.07 Å². The molecule has 0 spiro atoms. The van der Waals surface area contributed by atoms with Crippen LogP contribution in [0.25, 0.3) is 0 Å². The molecule has 2 nitrogen and oxygen atoms in total. The third-order valence-corrected chi connectivity index (χ3v) is 2.33. The highest BCUT2D eigenvalue weighted by molar-refractivity contribution is 6.17. The molecule has 0 radical (unpaired) electrons. The van der Waals surface area contributed by atoms with E-state index in [4.69, 9.17) is 21.1 Å². The fourth-order valence-electron chi connectivity index (χ4n) is 1.19. The van der Waals surface area contributed by atoms with Crippen LogP contribution in [0, 0.1) is 0 Å². The molecule has 0 aliphatic carbocycles. The Labute approximate surface area is 102 Å². The minimum absolute atomic E-state index is 0.283. The molecule has 0 fully saturated rings. The molecule has 17 heavy (non-hydrogen) atoms. The first-order valence-corrected chi connectivity index (χ1v) is 5.42. The third kappa shape index (κ3) is 4.73. The summed E-state index contributed by atoms with van der Waals surface area (Å²) in [6.07, 6.45) is -5.21. The number of alkyl halides is 4. The molecule has 0 heterocycles. The lowest BCUT2D eigenvalue weighted by molar-refractivity contribution is -0.139. The first kappa shape index (κ1) is 14.0. The number of rotatable bonds is 5. The summed E-state index contributed by atoms with van der Waals surface area (Å²) >= 11 is 5.63. The zero-order valence-corrected chi connectivity index (χ0v) is 9.94. The van der Waals surface area contributed by atoms with Crippen LogP contribution in [-0.4, -0.2) is 19.9 Å². The summed E-state index contributed by atoms with van der Waals surface area (Å²) < 4.78 is 45.8. The Morgan fingerprint density at radius 2 is 1.94 bits per heavy atom. The highest BCUT2D eigenvalue weighted by atomic mass is 35.5. The summed E-state index contributed by atoms with van der Waals surface area (Å²) in [5.74, 6) is 0.968. The maximum atomic E-state index is 11.9. The highest BCUT2D eigenvalue weighted by Crippen LogP contribution is 2.29. The van der Waals surface area contributed by atoms with Gasteiger partial charge in [0.25, 0.3) is 0 Å². The Balaban J connectivity index is 2.64. The molecule has 0 aliphatic rings. The number of ether oxygens (including phenoxy) is 2. The molecule has 0 unspecified atom stereocenters. The van der Waals surface area contributed by atoms with Crippen LogP contribution >= 0.6 is 11.6 Å². The zero-order chi connectivity index (χ0) is 12.9. The molecule has 0 aliphatic heterocycles. The summed E-state index contributed by atoms with van der Waals surface area (Å²) in [5.41, 5.74) is 0.812. The van der Waals surface area contributed by atoms with Gasteiger partial charge in [-0.05, 0) is 17.7 Å². The maximum Gasteiger partial charge on any atom is 0.392 e. The molecular formula is C11H12ClF3O2. The minimum Gasteiger partial charge on any atom is -0.493 e. The van der Waals surface area contributed by atoms with Crippen LogP contribution in [0.4, 0.5) is 13.2 Å². The molecule has 1 aromatic carbocycles. The molecule has 0 aromatic heterocycles. The van der Waals surface area contributed by atoms with Crippen molar-refractivity contribution in [2.24, 2.45) is 0 Å². The Morgan fingerprint density at radius 1 is 1.24 bits per heavy atom. The van der Waals surface area contributed by atoms with E-state index in [9.17, 15) is 13.2 Å². The van der Waals surface area contributed by atoms with Gasteiger partial charge in [-0.3, -0.25) is 0 Å². The third-order valence-electron chi connectivity index (χ3n) is 2.03. The molecule has 0 saturated heterocycles. The van der Waals surface area contributed by atoms with E-state index in [-0.39, 0.29) is 5.75 Å². The Bertz CT molecular complexity index is 366. The quantitative estimate of drug-likeness (QED) is 0.757. The molecule has 96 valence electrons. The standard InChI is InChI=1S/C11H12ClF3O2/c1-16-10-6-8(7-12)2-3-9(10)17-5-4-11(13,14)15/h2-3,6H,4-5,7H2,1H3. The topological polar surface area (TPSA) is 18.5 Å². The molecule has 0 N–H and O–H groups in total. The number of benzene rings is 1. The fraction of sp³-hybridized carbons (Fsp3) is 0.455. The monoisotopic (exact) mass is 268 g/mol. The lowest BCUT2D eigenvalue weighted by Gasteiger charge is -2.12. The lowest BCUT2D eigenvalue weighted by atomic mass is 10.2. The van der Waals surface area contributed by atoms with Gasteiger partial charge in [-0.15, -0.1) is 11.6 Å². The van der Waals surface area contributed by atoms with Crippen molar-refractivity contribution in [2.75, 3.05) is 13.7 Å². The molecule has 0 bridgehead atoms. The van der Waals surface area contributed by atoms with E-state index < -0.39 is 19.2 Å². The first-order valence-electron chi connectivity index (χ1n) is 4.88. The predicted molar refractivity (Wildman–Crippen MR) is 58.7 cm³/mol. The van der Waals surface area contributed by atoms with Gasteiger partial charge in [0.05, 0.1) is 20.1 Å². The van der Waals surface area contributed by atoms with Crippen LogP contribution in [-0.2, 0) is 5.88 Å². The van der Waals surface area contributed by atoms with Gasteiger partial charge in [-0.25, -0.2) is 0 Å². The largest absolute Gasteiger partial charge is 0.493 e. The van der Waals surface area contributed by atoms with E-state index in [1.807, 2.05) is 0 Å². The highest BCUT2D eigenvalue weighted by Gasteiger charge is 2.27.